The van der Waals surface area contributed by atoms with Gasteiger partial charge in [-0.05, 0) is 25.7 Å². The summed E-state index contributed by atoms with van der Waals surface area (Å²) in [6.07, 6.45) is 13.4. The van der Waals surface area contributed by atoms with E-state index in [1.54, 1.807) is 0 Å². The zero-order valence-corrected chi connectivity index (χ0v) is 8.48. The molecule has 0 aromatic carbocycles. The first-order valence-corrected chi connectivity index (χ1v) is 5.86. The molecule has 0 amide bonds. The van der Waals surface area contributed by atoms with Crippen molar-refractivity contribution in [3.63, 3.8) is 0 Å². The molecule has 0 N–H and O–H groups in total. The molecular weight excluding hydrogens is 164 g/mol. The first kappa shape index (κ1) is 9.91. The molecule has 0 saturated heterocycles. The van der Waals surface area contributed by atoms with Crippen LogP contribution in [0.5, 0.6) is 0 Å². The Bertz CT molecular complexity index is 149. The molecule has 1 atom stereocenters. The van der Waals surface area contributed by atoms with Crippen LogP contribution in [0.3, 0.4) is 0 Å². The molecule has 12 heavy (non-hydrogen) atoms. The standard InChI is InChI=1S/C11H18S/c1-2-10-12-11-8-6-4-3-5-7-9-11/h2,4,6,11H,1,3,5,7-10H2/b6-4-. The van der Waals surface area contributed by atoms with Gasteiger partial charge in [-0.2, -0.15) is 11.8 Å². The zero-order valence-electron chi connectivity index (χ0n) is 7.67. The van der Waals surface area contributed by atoms with Crippen molar-refractivity contribution in [2.75, 3.05) is 5.75 Å². The van der Waals surface area contributed by atoms with Crippen molar-refractivity contribution in [2.24, 2.45) is 0 Å². The van der Waals surface area contributed by atoms with Crippen LogP contribution in [-0.4, -0.2) is 11.0 Å². The van der Waals surface area contributed by atoms with E-state index in [2.05, 4.69) is 30.5 Å². The third-order valence-corrected chi connectivity index (χ3v) is 3.49. The monoisotopic (exact) mass is 182 g/mol. The molecule has 1 rings (SSSR count). The fourth-order valence-corrected chi connectivity index (χ4v) is 2.46. The molecule has 0 bridgehead atoms. The van der Waals surface area contributed by atoms with E-state index in [9.17, 15) is 0 Å². The van der Waals surface area contributed by atoms with E-state index >= 15 is 0 Å². The van der Waals surface area contributed by atoms with E-state index in [0.29, 0.717) is 0 Å². The normalized spacial score (nSPS) is 27.2. The van der Waals surface area contributed by atoms with E-state index in [4.69, 9.17) is 0 Å². The number of rotatable bonds is 3. The minimum atomic E-state index is 0.847. The van der Waals surface area contributed by atoms with Crippen LogP contribution in [0.25, 0.3) is 0 Å². The number of thioether (sulfide) groups is 1. The molecule has 0 aliphatic heterocycles. The second kappa shape index (κ2) is 6.36. The van der Waals surface area contributed by atoms with Crippen LogP contribution in [0.15, 0.2) is 24.8 Å². The van der Waals surface area contributed by atoms with Crippen molar-refractivity contribution < 1.29 is 0 Å². The molecule has 1 unspecified atom stereocenters. The van der Waals surface area contributed by atoms with Crippen LogP contribution in [0.2, 0.25) is 0 Å². The fraction of sp³-hybridized carbons (Fsp3) is 0.636. The molecule has 0 heterocycles. The molecule has 0 aromatic rings. The Morgan fingerprint density at radius 3 is 3.17 bits per heavy atom. The lowest BCUT2D eigenvalue weighted by Gasteiger charge is -2.15. The van der Waals surface area contributed by atoms with Gasteiger partial charge in [0.05, 0.1) is 0 Å². The first-order valence-electron chi connectivity index (χ1n) is 4.81. The van der Waals surface area contributed by atoms with Crippen LogP contribution in [-0.2, 0) is 0 Å². The fourth-order valence-electron chi connectivity index (χ4n) is 1.47. The van der Waals surface area contributed by atoms with Crippen molar-refractivity contribution in [3.05, 3.63) is 24.8 Å². The Morgan fingerprint density at radius 2 is 2.33 bits per heavy atom. The second-order valence-electron chi connectivity index (χ2n) is 3.24. The molecule has 1 heteroatoms. The summed E-state index contributed by atoms with van der Waals surface area (Å²) in [6.45, 7) is 3.75. The number of hydrogen-bond donors (Lipinski definition) is 0. The van der Waals surface area contributed by atoms with Crippen LogP contribution >= 0.6 is 11.8 Å². The van der Waals surface area contributed by atoms with Crippen molar-refractivity contribution >= 4 is 11.8 Å². The summed E-state index contributed by atoms with van der Waals surface area (Å²) < 4.78 is 0. The van der Waals surface area contributed by atoms with Crippen LogP contribution in [0, 0.1) is 0 Å². The van der Waals surface area contributed by atoms with Crippen molar-refractivity contribution in [1.82, 2.24) is 0 Å². The average Bonchev–Trinajstić information content (AvgIpc) is 2.02. The highest BCUT2D eigenvalue weighted by Crippen LogP contribution is 2.23. The Labute approximate surface area is 80.1 Å². The molecule has 0 aromatic heterocycles. The van der Waals surface area contributed by atoms with Gasteiger partial charge in [0, 0.05) is 11.0 Å². The summed E-state index contributed by atoms with van der Waals surface area (Å²) in [5, 5.41) is 0.847. The highest BCUT2D eigenvalue weighted by Gasteiger charge is 2.07. The summed E-state index contributed by atoms with van der Waals surface area (Å²) in [6, 6.07) is 0. The summed E-state index contributed by atoms with van der Waals surface area (Å²) in [5.41, 5.74) is 0. The van der Waals surface area contributed by atoms with E-state index in [1.165, 1.54) is 32.1 Å². The van der Waals surface area contributed by atoms with E-state index in [1.807, 2.05) is 6.08 Å². The summed E-state index contributed by atoms with van der Waals surface area (Å²) in [5.74, 6) is 1.11. The smallest absolute Gasteiger partial charge is 0.0113 e. The van der Waals surface area contributed by atoms with Crippen molar-refractivity contribution in [3.8, 4) is 0 Å². The molecular formula is C11H18S. The van der Waals surface area contributed by atoms with Crippen LogP contribution in [0.1, 0.15) is 32.1 Å². The molecule has 0 saturated carbocycles. The van der Waals surface area contributed by atoms with Gasteiger partial charge in [-0.3, -0.25) is 0 Å². The van der Waals surface area contributed by atoms with Crippen molar-refractivity contribution in [2.45, 2.75) is 37.4 Å². The van der Waals surface area contributed by atoms with Gasteiger partial charge >= 0.3 is 0 Å². The van der Waals surface area contributed by atoms with Gasteiger partial charge < -0.3 is 0 Å². The Balaban J connectivity index is 2.25. The molecule has 1 aliphatic carbocycles. The maximum absolute atomic E-state index is 3.75. The van der Waals surface area contributed by atoms with Gasteiger partial charge in [0.25, 0.3) is 0 Å². The zero-order chi connectivity index (χ0) is 8.65. The minimum Gasteiger partial charge on any atom is -0.154 e. The lowest BCUT2D eigenvalue weighted by atomic mass is 10.1. The van der Waals surface area contributed by atoms with Gasteiger partial charge in [0.15, 0.2) is 0 Å². The van der Waals surface area contributed by atoms with Crippen LogP contribution in [0.4, 0.5) is 0 Å². The third-order valence-electron chi connectivity index (χ3n) is 2.16. The van der Waals surface area contributed by atoms with E-state index in [0.717, 1.165) is 11.0 Å². The third kappa shape index (κ3) is 4.01. The minimum absolute atomic E-state index is 0.847. The van der Waals surface area contributed by atoms with E-state index in [-0.39, 0.29) is 0 Å². The number of allylic oxidation sites excluding steroid dienone is 2. The molecule has 0 radical (unpaired) electrons. The SMILES string of the molecule is C=CCSC1C/C=C\CCCC1. The Hall–Kier alpha value is -0.170. The van der Waals surface area contributed by atoms with Crippen LogP contribution < -0.4 is 0 Å². The Morgan fingerprint density at radius 1 is 1.42 bits per heavy atom. The highest BCUT2D eigenvalue weighted by molar-refractivity contribution is 8.00. The maximum Gasteiger partial charge on any atom is 0.0113 e. The largest absolute Gasteiger partial charge is 0.154 e. The predicted octanol–water partition coefficient (Wildman–Crippen LogP) is 3.79. The summed E-state index contributed by atoms with van der Waals surface area (Å²) >= 11 is 2.05. The number of hydrogen-bond acceptors (Lipinski definition) is 1. The lowest BCUT2D eigenvalue weighted by Crippen LogP contribution is -2.03. The van der Waals surface area contributed by atoms with Gasteiger partial charge in [-0.25, -0.2) is 0 Å². The summed E-state index contributed by atoms with van der Waals surface area (Å²) in [7, 11) is 0. The van der Waals surface area contributed by atoms with Gasteiger partial charge in [-0.15, -0.1) is 6.58 Å². The molecule has 0 nitrogen and oxygen atoms in total. The van der Waals surface area contributed by atoms with Gasteiger partial charge in [0.2, 0.25) is 0 Å². The highest BCUT2D eigenvalue weighted by atomic mass is 32.2. The van der Waals surface area contributed by atoms with Gasteiger partial charge in [-0.1, -0.05) is 24.6 Å². The topological polar surface area (TPSA) is 0 Å². The van der Waals surface area contributed by atoms with E-state index < -0.39 is 0 Å². The van der Waals surface area contributed by atoms with Crippen molar-refractivity contribution in [1.29, 1.82) is 0 Å². The molecule has 1 aliphatic rings. The van der Waals surface area contributed by atoms with Gasteiger partial charge in [0.1, 0.15) is 0 Å². The first-order chi connectivity index (χ1) is 5.93. The Kier molecular flexibility index (Phi) is 5.25. The summed E-state index contributed by atoms with van der Waals surface area (Å²) in [4.78, 5) is 0. The second-order valence-corrected chi connectivity index (χ2v) is 4.57. The molecule has 0 fully saturated rings. The molecule has 68 valence electrons. The quantitative estimate of drug-likeness (QED) is 0.598. The predicted molar refractivity (Wildman–Crippen MR) is 58.7 cm³/mol. The lowest BCUT2D eigenvalue weighted by molar-refractivity contribution is 0.649. The maximum atomic E-state index is 3.75. The molecule has 0 spiro atoms. The average molecular weight is 182 g/mol.